The van der Waals surface area contributed by atoms with E-state index < -0.39 is 0 Å². The Kier molecular flexibility index (Phi) is 5.49. The predicted octanol–water partition coefficient (Wildman–Crippen LogP) is 2.18. The summed E-state index contributed by atoms with van der Waals surface area (Å²) in [6.45, 7) is 5.64. The van der Waals surface area contributed by atoms with Crippen LogP contribution in [-0.2, 0) is 6.54 Å². The highest BCUT2D eigenvalue weighted by molar-refractivity contribution is 5.36. The van der Waals surface area contributed by atoms with Crippen molar-refractivity contribution in [3.05, 3.63) is 34.9 Å². The number of piperidine rings is 1. The maximum absolute atomic E-state index is 12.3. The van der Waals surface area contributed by atoms with E-state index in [1.54, 1.807) is 17.0 Å². The van der Waals surface area contributed by atoms with E-state index in [0.29, 0.717) is 18.4 Å². The topological polar surface area (TPSA) is 50.2 Å². The Bertz CT molecular complexity index is 587. The SMILES string of the molecule is CCn1ccnc(N2CCC(NC[C@H]3CC=CCC3)CC2)c1=O. The smallest absolute Gasteiger partial charge is 0.293 e. The average molecular weight is 316 g/mol. The van der Waals surface area contributed by atoms with E-state index in [2.05, 4.69) is 27.4 Å². The van der Waals surface area contributed by atoms with Gasteiger partial charge >= 0.3 is 0 Å². The van der Waals surface area contributed by atoms with Gasteiger partial charge in [0.1, 0.15) is 0 Å². The van der Waals surface area contributed by atoms with Crippen LogP contribution in [0.15, 0.2) is 29.3 Å². The molecule has 0 bridgehead atoms. The van der Waals surface area contributed by atoms with Crippen LogP contribution in [0.5, 0.6) is 0 Å². The van der Waals surface area contributed by atoms with Gasteiger partial charge in [0.05, 0.1) is 0 Å². The highest BCUT2D eigenvalue weighted by Gasteiger charge is 2.22. The molecule has 5 nitrogen and oxygen atoms in total. The molecule has 0 radical (unpaired) electrons. The van der Waals surface area contributed by atoms with Crippen LogP contribution < -0.4 is 15.8 Å². The Hall–Kier alpha value is -1.62. The second-order valence-electron chi connectivity index (χ2n) is 6.66. The van der Waals surface area contributed by atoms with E-state index in [9.17, 15) is 4.79 Å². The molecule has 0 spiro atoms. The van der Waals surface area contributed by atoms with Crippen LogP contribution >= 0.6 is 0 Å². The number of aromatic nitrogens is 2. The largest absolute Gasteiger partial charge is 0.352 e. The van der Waals surface area contributed by atoms with Crippen molar-refractivity contribution in [2.24, 2.45) is 5.92 Å². The van der Waals surface area contributed by atoms with Gasteiger partial charge in [-0.2, -0.15) is 0 Å². The molecular weight excluding hydrogens is 288 g/mol. The van der Waals surface area contributed by atoms with Gasteiger partial charge in [-0.15, -0.1) is 0 Å². The number of allylic oxidation sites excluding steroid dienone is 2. The number of aryl methyl sites for hydroxylation is 1. The van der Waals surface area contributed by atoms with Crippen molar-refractivity contribution in [1.82, 2.24) is 14.9 Å². The first-order valence-electron chi connectivity index (χ1n) is 8.96. The highest BCUT2D eigenvalue weighted by atomic mass is 16.1. The van der Waals surface area contributed by atoms with Gasteiger partial charge in [0.25, 0.3) is 5.56 Å². The van der Waals surface area contributed by atoms with Crippen molar-refractivity contribution in [3.63, 3.8) is 0 Å². The molecule has 1 fully saturated rings. The quantitative estimate of drug-likeness (QED) is 0.846. The van der Waals surface area contributed by atoms with Crippen LogP contribution in [0.4, 0.5) is 5.82 Å². The standard InChI is InChI=1S/C18H28N4O/c1-2-21-13-10-19-17(18(21)23)22-11-8-16(9-12-22)20-14-15-6-4-3-5-7-15/h3-4,10,13,15-16,20H,2,5-9,11-12,14H2,1H3/t15-/m0/s1. The Balaban J connectivity index is 1.50. The summed E-state index contributed by atoms with van der Waals surface area (Å²) in [6, 6.07) is 0.578. The van der Waals surface area contributed by atoms with Gasteiger partial charge in [0.2, 0.25) is 0 Å². The van der Waals surface area contributed by atoms with Crippen LogP contribution in [0.1, 0.15) is 39.0 Å². The molecular formula is C18H28N4O. The number of hydrogen-bond donors (Lipinski definition) is 1. The summed E-state index contributed by atoms with van der Waals surface area (Å²) in [5, 5.41) is 3.74. The summed E-state index contributed by atoms with van der Waals surface area (Å²) < 4.78 is 1.73. The first-order valence-corrected chi connectivity index (χ1v) is 8.96. The Labute approximate surface area is 138 Å². The minimum absolute atomic E-state index is 0.0374. The van der Waals surface area contributed by atoms with Gasteiger partial charge in [-0.25, -0.2) is 4.98 Å². The molecule has 3 rings (SSSR count). The Morgan fingerprint density at radius 1 is 1.26 bits per heavy atom. The maximum Gasteiger partial charge on any atom is 0.293 e. The minimum Gasteiger partial charge on any atom is -0.352 e. The van der Waals surface area contributed by atoms with Gasteiger partial charge in [-0.3, -0.25) is 4.79 Å². The van der Waals surface area contributed by atoms with Crippen molar-refractivity contribution in [2.45, 2.75) is 51.6 Å². The van der Waals surface area contributed by atoms with Crippen LogP contribution in [0.2, 0.25) is 0 Å². The van der Waals surface area contributed by atoms with E-state index in [0.717, 1.165) is 38.4 Å². The minimum atomic E-state index is 0.0374. The van der Waals surface area contributed by atoms with Crippen LogP contribution in [0.3, 0.4) is 0 Å². The molecule has 1 aromatic heterocycles. The van der Waals surface area contributed by atoms with Gasteiger partial charge in [0.15, 0.2) is 5.82 Å². The summed E-state index contributed by atoms with van der Waals surface area (Å²) in [5.41, 5.74) is 0.0374. The van der Waals surface area contributed by atoms with E-state index in [4.69, 9.17) is 0 Å². The molecule has 0 saturated carbocycles. The molecule has 1 N–H and O–H groups in total. The Morgan fingerprint density at radius 2 is 2.09 bits per heavy atom. The summed E-state index contributed by atoms with van der Waals surface area (Å²) >= 11 is 0. The van der Waals surface area contributed by atoms with Crippen molar-refractivity contribution < 1.29 is 0 Å². The molecule has 1 aliphatic heterocycles. The second-order valence-corrected chi connectivity index (χ2v) is 6.66. The van der Waals surface area contributed by atoms with Gasteiger partial charge in [0, 0.05) is 38.1 Å². The molecule has 23 heavy (non-hydrogen) atoms. The lowest BCUT2D eigenvalue weighted by Crippen LogP contribution is -2.46. The summed E-state index contributed by atoms with van der Waals surface area (Å²) in [4.78, 5) is 18.8. The van der Waals surface area contributed by atoms with E-state index >= 15 is 0 Å². The van der Waals surface area contributed by atoms with Crippen molar-refractivity contribution in [3.8, 4) is 0 Å². The molecule has 2 aliphatic rings. The lowest BCUT2D eigenvalue weighted by Gasteiger charge is -2.33. The predicted molar refractivity (Wildman–Crippen MR) is 93.9 cm³/mol. The first kappa shape index (κ1) is 16.2. The molecule has 1 atom stereocenters. The zero-order chi connectivity index (χ0) is 16.1. The number of anilines is 1. The number of rotatable bonds is 5. The lowest BCUT2D eigenvalue weighted by atomic mass is 9.93. The molecule has 1 aromatic rings. The molecule has 2 heterocycles. The van der Waals surface area contributed by atoms with E-state index in [1.165, 1.54) is 19.3 Å². The highest BCUT2D eigenvalue weighted by Crippen LogP contribution is 2.19. The van der Waals surface area contributed by atoms with Crippen LogP contribution in [-0.4, -0.2) is 35.2 Å². The normalized spacial score (nSPS) is 22.5. The molecule has 5 heteroatoms. The molecule has 0 unspecified atom stereocenters. The lowest BCUT2D eigenvalue weighted by molar-refractivity contribution is 0.360. The van der Waals surface area contributed by atoms with E-state index in [-0.39, 0.29) is 5.56 Å². The van der Waals surface area contributed by atoms with Crippen LogP contribution in [0, 0.1) is 5.92 Å². The number of nitrogens with zero attached hydrogens (tertiary/aromatic N) is 3. The van der Waals surface area contributed by atoms with Gasteiger partial charge < -0.3 is 14.8 Å². The fourth-order valence-corrected chi connectivity index (χ4v) is 3.57. The van der Waals surface area contributed by atoms with Crippen molar-refractivity contribution in [1.29, 1.82) is 0 Å². The zero-order valence-corrected chi connectivity index (χ0v) is 14.1. The Morgan fingerprint density at radius 3 is 2.78 bits per heavy atom. The maximum atomic E-state index is 12.3. The van der Waals surface area contributed by atoms with Gasteiger partial charge in [-0.1, -0.05) is 12.2 Å². The molecule has 1 saturated heterocycles. The monoisotopic (exact) mass is 316 g/mol. The fourth-order valence-electron chi connectivity index (χ4n) is 3.57. The summed E-state index contributed by atoms with van der Waals surface area (Å²) in [7, 11) is 0. The summed E-state index contributed by atoms with van der Waals surface area (Å²) in [6.07, 6.45) is 14.1. The summed E-state index contributed by atoms with van der Waals surface area (Å²) in [5.74, 6) is 1.41. The molecule has 1 aliphatic carbocycles. The second kappa shape index (κ2) is 7.77. The third-order valence-electron chi connectivity index (χ3n) is 5.10. The number of hydrogen-bond acceptors (Lipinski definition) is 4. The fraction of sp³-hybridized carbons (Fsp3) is 0.667. The average Bonchev–Trinajstić information content (AvgIpc) is 2.62. The molecule has 0 amide bonds. The third-order valence-corrected chi connectivity index (χ3v) is 5.10. The first-order chi connectivity index (χ1) is 11.3. The zero-order valence-electron chi connectivity index (χ0n) is 14.1. The molecule has 126 valence electrons. The van der Waals surface area contributed by atoms with Crippen molar-refractivity contribution in [2.75, 3.05) is 24.5 Å². The van der Waals surface area contributed by atoms with Crippen molar-refractivity contribution >= 4 is 5.82 Å². The van der Waals surface area contributed by atoms with Gasteiger partial charge in [-0.05, 0) is 51.5 Å². The molecule has 0 aromatic carbocycles. The van der Waals surface area contributed by atoms with Crippen LogP contribution in [0.25, 0.3) is 0 Å². The number of nitrogens with one attached hydrogen (secondary N) is 1. The van der Waals surface area contributed by atoms with E-state index in [1.807, 2.05) is 6.92 Å². The third kappa shape index (κ3) is 4.02.